The van der Waals surface area contributed by atoms with Gasteiger partial charge in [0.05, 0.1) is 12.6 Å². The molecule has 3 N–H and O–H groups in total. The van der Waals surface area contributed by atoms with Crippen LogP contribution in [0.5, 0.6) is 0 Å². The smallest absolute Gasteiger partial charge is 0.248 e. The minimum absolute atomic E-state index is 0.0205. The highest BCUT2D eigenvalue weighted by molar-refractivity contribution is 5.81. The van der Waals surface area contributed by atoms with Gasteiger partial charge in [-0.2, -0.15) is 0 Å². The predicted molar refractivity (Wildman–Crippen MR) is 67.5 cm³/mol. The maximum atomic E-state index is 11.8. The summed E-state index contributed by atoms with van der Waals surface area (Å²) in [5, 5.41) is 11.4. The van der Waals surface area contributed by atoms with Crippen LogP contribution in [0.25, 0.3) is 0 Å². The van der Waals surface area contributed by atoms with E-state index in [1.54, 1.807) is 4.90 Å². The van der Waals surface area contributed by atoms with Gasteiger partial charge in [0.1, 0.15) is 6.61 Å². The first-order chi connectivity index (χ1) is 8.52. The third kappa shape index (κ3) is 4.89. The fraction of sp³-hybridized carbons (Fsp3) is 0.818. The lowest BCUT2D eigenvalue weighted by Gasteiger charge is -2.34. The van der Waals surface area contributed by atoms with Crippen LogP contribution in [-0.2, 0) is 9.53 Å². The molecule has 1 heterocycles. The van der Waals surface area contributed by atoms with Gasteiger partial charge in [0.2, 0.25) is 5.91 Å². The van der Waals surface area contributed by atoms with E-state index in [4.69, 9.17) is 15.7 Å². The van der Waals surface area contributed by atoms with Crippen molar-refractivity contribution < 1.29 is 14.7 Å². The molecular weight excluding hydrogens is 236 g/mol. The van der Waals surface area contributed by atoms with Crippen molar-refractivity contribution in [3.8, 4) is 0 Å². The van der Waals surface area contributed by atoms with Crippen molar-refractivity contribution in [2.45, 2.75) is 20.0 Å². The van der Waals surface area contributed by atoms with E-state index >= 15 is 0 Å². The summed E-state index contributed by atoms with van der Waals surface area (Å²) < 4.78 is 5.29. The largest absolute Gasteiger partial charge is 0.409 e. The molecule has 0 bridgehead atoms. The molecule has 0 aromatic heterocycles. The summed E-state index contributed by atoms with van der Waals surface area (Å²) in [5.74, 6) is 0.213. The lowest BCUT2D eigenvalue weighted by atomic mass is 10.3. The Morgan fingerprint density at radius 2 is 2.00 bits per heavy atom. The van der Waals surface area contributed by atoms with E-state index in [2.05, 4.69) is 5.16 Å². The highest BCUT2D eigenvalue weighted by Gasteiger charge is 2.21. The number of piperazine rings is 1. The van der Waals surface area contributed by atoms with Crippen molar-refractivity contribution in [2.75, 3.05) is 39.3 Å². The molecule has 1 aliphatic heterocycles. The number of carbonyl (C=O) groups excluding carboxylic acids is 1. The van der Waals surface area contributed by atoms with Gasteiger partial charge >= 0.3 is 0 Å². The number of amidine groups is 1. The fourth-order valence-electron chi connectivity index (χ4n) is 1.75. The quantitative estimate of drug-likeness (QED) is 0.294. The van der Waals surface area contributed by atoms with Gasteiger partial charge in [0.15, 0.2) is 5.84 Å². The van der Waals surface area contributed by atoms with E-state index in [0.29, 0.717) is 19.6 Å². The Morgan fingerprint density at radius 1 is 1.39 bits per heavy atom. The lowest BCUT2D eigenvalue weighted by Crippen LogP contribution is -2.51. The second kappa shape index (κ2) is 7.17. The Morgan fingerprint density at radius 3 is 2.50 bits per heavy atom. The molecule has 0 saturated carbocycles. The predicted octanol–water partition coefficient (Wildman–Crippen LogP) is -0.698. The molecule has 0 aliphatic carbocycles. The van der Waals surface area contributed by atoms with Crippen LogP contribution in [0.1, 0.15) is 13.8 Å². The van der Waals surface area contributed by atoms with Crippen LogP contribution in [-0.4, -0.2) is 72.2 Å². The Hall–Kier alpha value is -1.34. The standard InChI is InChI=1S/C11H22N4O3/c1-9(2)18-8-11(16)15-5-3-14(4-6-15)7-10(12)13-17/h9,17H,3-8H2,1-2H3,(H2,12,13). The van der Waals surface area contributed by atoms with Gasteiger partial charge in [-0.3, -0.25) is 9.69 Å². The van der Waals surface area contributed by atoms with Crippen molar-refractivity contribution in [1.29, 1.82) is 0 Å². The number of nitrogens with zero attached hydrogens (tertiary/aromatic N) is 3. The zero-order valence-electron chi connectivity index (χ0n) is 11.0. The second-order valence-corrected chi connectivity index (χ2v) is 4.61. The van der Waals surface area contributed by atoms with Gasteiger partial charge in [-0.1, -0.05) is 5.16 Å². The maximum absolute atomic E-state index is 11.8. The lowest BCUT2D eigenvalue weighted by molar-refractivity contribution is -0.139. The highest BCUT2D eigenvalue weighted by Crippen LogP contribution is 2.02. The minimum Gasteiger partial charge on any atom is -0.409 e. The summed E-state index contributed by atoms with van der Waals surface area (Å²) >= 11 is 0. The molecule has 0 atom stereocenters. The number of amides is 1. The SMILES string of the molecule is CC(C)OCC(=O)N1CCN(CC(N)=NO)CC1. The third-order valence-corrected chi connectivity index (χ3v) is 2.78. The number of ether oxygens (including phenoxy) is 1. The summed E-state index contributed by atoms with van der Waals surface area (Å²) in [7, 11) is 0. The summed E-state index contributed by atoms with van der Waals surface area (Å²) in [5.41, 5.74) is 5.44. The number of hydrogen-bond donors (Lipinski definition) is 2. The zero-order valence-corrected chi connectivity index (χ0v) is 11.0. The second-order valence-electron chi connectivity index (χ2n) is 4.61. The van der Waals surface area contributed by atoms with Crippen LogP contribution in [0.3, 0.4) is 0 Å². The van der Waals surface area contributed by atoms with E-state index < -0.39 is 0 Å². The molecule has 1 saturated heterocycles. The van der Waals surface area contributed by atoms with E-state index in [1.807, 2.05) is 18.7 Å². The van der Waals surface area contributed by atoms with Crippen LogP contribution in [0.15, 0.2) is 5.16 Å². The third-order valence-electron chi connectivity index (χ3n) is 2.78. The topological polar surface area (TPSA) is 91.4 Å². The number of nitrogens with two attached hydrogens (primary N) is 1. The Balaban J connectivity index is 2.28. The maximum Gasteiger partial charge on any atom is 0.248 e. The number of hydrogen-bond acceptors (Lipinski definition) is 5. The monoisotopic (exact) mass is 258 g/mol. The van der Waals surface area contributed by atoms with Crippen LogP contribution < -0.4 is 5.73 Å². The fourth-order valence-corrected chi connectivity index (χ4v) is 1.75. The zero-order chi connectivity index (χ0) is 13.5. The van der Waals surface area contributed by atoms with Crippen molar-refractivity contribution in [1.82, 2.24) is 9.80 Å². The average Bonchev–Trinajstić information content (AvgIpc) is 2.36. The summed E-state index contributed by atoms with van der Waals surface area (Å²) in [6, 6.07) is 0. The molecule has 0 aromatic rings. The molecule has 1 fully saturated rings. The summed E-state index contributed by atoms with van der Waals surface area (Å²) in [4.78, 5) is 15.6. The van der Waals surface area contributed by atoms with E-state index in [-0.39, 0.29) is 24.5 Å². The summed E-state index contributed by atoms with van der Waals surface area (Å²) in [6.45, 7) is 7.13. The van der Waals surface area contributed by atoms with Crippen molar-refractivity contribution in [3.63, 3.8) is 0 Å². The van der Waals surface area contributed by atoms with Crippen molar-refractivity contribution in [3.05, 3.63) is 0 Å². The van der Waals surface area contributed by atoms with Crippen molar-refractivity contribution >= 4 is 11.7 Å². The molecule has 0 unspecified atom stereocenters. The molecule has 0 spiro atoms. The Kier molecular flexibility index (Phi) is 5.87. The van der Waals surface area contributed by atoms with Gasteiger partial charge in [-0.15, -0.1) is 0 Å². The Bertz CT molecular complexity index is 299. The van der Waals surface area contributed by atoms with Gasteiger partial charge in [-0.25, -0.2) is 0 Å². The first-order valence-corrected chi connectivity index (χ1v) is 6.11. The normalized spacial score (nSPS) is 18.4. The van der Waals surface area contributed by atoms with E-state index in [0.717, 1.165) is 13.1 Å². The van der Waals surface area contributed by atoms with Crippen LogP contribution in [0.4, 0.5) is 0 Å². The molecule has 104 valence electrons. The first-order valence-electron chi connectivity index (χ1n) is 6.11. The minimum atomic E-state index is 0.0205. The van der Waals surface area contributed by atoms with Gasteiger partial charge in [0.25, 0.3) is 0 Å². The van der Waals surface area contributed by atoms with Gasteiger partial charge in [-0.05, 0) is 13.8 Å². The molecule has 1 rings (SSSR count). The first kappa shape index (κ1) is 14.7. The van der Waals surface area contributed by atoms with Crippen LogP contribution in [0, 0.1) is 0 Å². The number of carbonyl (C=O) groups is 1. The molecule has 7 nitrogen and oxygen atoms in total. The molecule has 0 radical (unpaired) electrons. The van der Waals surface area contributed by atoms with Crippen LogP contribution >= 0.6 is 0 Å². The summed E-state index contributed by atoms with van der Waals surface area (Å²) in [6.07, 6.45) is 0.0656. The molecule has 7 heteroatoms. The molecule has 1 amide bonds. The average molecular weight is 258 g/mol. The Labute approximate surface area is 107 Å². The number of oxime groups is 1. The van der Waals surface area contributed by atoms with Crippen molar-refractivity contribution in [2.24, 2.45) is 10.9 Å². The van der Waals surface area contributed by atoms with Gasteiger partial charge in [0, 0.05) is 26.2 Å². The molecule has 0 aromatic carbocycles. The van der Waals surface area contributed by atoms with Crippen LogP contribution in [0.2, 0.25) is 0 Å². The number of rotatable bonds is 5. The van der Waals surface area contributed by atoms with Gasteiger partial charge < -0.3 is 20.6 Å². The molecular formula is C11H22N4O3. The molecule has 1 aliphatic rings. The van der Waals surface area contributed by atoms with E-state index in [1.165, 1.54) is 0 Å². The van der Waals surface area contributed by atoms with E-state index in [9.17, 15) is 4.79 Å². The highest BCUT2D eigenvalue weighted by atomic mass is 16.5. The molecule has 18 heavy (non-hydrogen) atoms.